The minimum absolute atomic E-state index is 0.0139. The maximum absolute atomic E-state index is 13.1. The lowest BCUT2D eigenvalue weighted by Crippen LogP contribution is -2.50. The van der Waals surface area contributed by atoms with Crippen LogP contribution in [0.3, 0.4) is 0 Å². The van der Waals surface area contributed by atoms with Crippen molar-refractivity contribution in [1.29, 1.82) is 0 Å². The molecule has 2 amide bonds. The van der Waals surface area contributed by atoms with Crippen LogP contribution in [-0.2, 0) is 21.9 Å². The molecule has 0 aliphatic carbocycles. The van der Waals surface area contributed by atoms with Crippen molar-refractivity contribution in [3.05, 3.63) is 70.8 Å². The van der Waals surface area contributed by atoms with Crippen molar-refractivity contribution in [1.82, 2.24) is 10.2 Å². The second kappa shape index (κ2) is 11.8. The molecule has 2 atom stereocenters. The Bertz CT molecular complexity index is 835. The van der Waals surface area contributed by atoms with E-state index in [1.807, 2.05) is 58.0 Å². The van der Waals surface area contributed by atoms with E-state index < -0.39 is 6.04 Å². The van der Waals surface area contributed by atoms with E-state index in [1.54, 1.807) is 16.7 Å². The summed E-state index contributed by atoms with van der Waals surface area (Å²) in [5.74, 6) is 1.01. The van der Waals surface area contributed by atoms with Gasteiger partial charge in [-0.05, 0) is 45.2 Å². The average molecular weight is 427 g/mol. The lowest BCUT2D eigenvalue weighted by molar-refractivity contribution is -0.138. The van der Waals surface area contributed by atoms with Crippen LogP contribution in [0.5, 0.6) is 0 Å². The van der Waals surface area contributed by atoms with Gasteiger partial charge in [0.1, 0.15) is 6.04 Å². The minimum atomic E-state index is -0.521. The Labute approximate surface area is 185 Å². The Kier molecular flexibility index (Phi) is 9.44. The molecule has 0 spiro atoms. The van der Waals surface area contributed by atoms with Gasteiger partial charge in [-0.15, -0.1) is 11.8 Å². The van der Waals surface area contributed by atoms with Crippen LogP contribution in [0, 0.1) is 13.8 Å². The van der Waals surface area contributed by atoms with Gasteiger partial charge in [-0.25, -0.2) is 0 Å². The van der Waals surface area contributed by atoms with Crippen molar-refractivity contribution in [3.63, 3.8) is 0 Å². The Morgan fingerprint density at radius 2 is 1.70 bits per heavy atom. The van der Waals surface area contributed by atoms with Gasteiger partial charge in [0.05, 0.1) is 5.75 Å². The summed E-state index contributed by atoms with van der Waals surface area (Å²) < 4.78 is 0. The van der Waals surface area contributed by atoms with Crippen LogP contribution in [0.1, 0.15) is 49.4 Å². The minimum Gasteiger partial charge on any atom is -0.352 e. The summed E-state index contributed by atoms with van der Waals surface area (Å²) in [5, 5.41) is 3.01. The van der Waals surface area contributed by atoms with Crippen molar-refractivity contribution in [2.75, 3.05) is 5.75 Å². The summed E-state index contributed by atoms with van der Waals surface area (Å²) in [5.41, 5.74) is 4.63. The first kappa shape index (κ1) is 24.0. The van der Waals surface area contributed by atoms with Crippen LogP contribution < -0.4 is 5.32 Å². The van der Waals surface area contributed by atoms with E-state index in [1.165, 1.54) is 16.7 Å². The SMILES string of the molecule is CC[C@H](C)NC(=O)[C@H](C)N(Cc1ccc(C)cc1)C(=O)CSCc1cccc(C)c1. The molecule has 0 fully saturated rings. The van der Waals surface area contributed by atoms with Gasteiger partial charge in [-0.2, -0.15) is 0 Å². The maximum atomic E-state index is 13.1. The summed E-state index contributed by atoms with van der Waals surface area (Å²) in [6, 6.07) is 16.0. The Morgan fingerprint density at radius 3 is 2.33 bits per heavy atom. The molecule has 5 heteroatoms. The zero-order valence-corrected chi connectivity index (χ0v) is 19.6. The second-order valence-corrected chi connectivity index (χ2v) is 8.97. The second-order valence-electron chi connectivity index (χ2n) is 7.98. The summed E-state index contributed by atoms with van der Waals surface area (Å²) in [7, 11) is 0. The normalized spacial score (nSPS) is 12.8. The molecule has 0 saturated heterocycles. The fraction of sp³-hybridized carbons (Fsp3) is 0.440. The first-order valence-corrected chi connectivity index (χ1v) is 11.7. The summed E-state index contributed by atoms with van der Waals surface area (Å²) in [4.78, 5) is 27.5. The van der Waals surface area contributed by atoms with E-state index in [-0.39, 0.29) is 17.9 Å². The molecule has 0 aliphatic rings. The first-order chi connectivity index (χ1) is 14.3. The number of hydrogen-bond acceptors (Lipinski definition) is 3. The molecule has 0 aromatic heterocycles. The molecule has 0 unspecified atom stereocenters. The van der Waals surface area contributed by atoms with Crippen LogP contribution in [0.2, 0.25) is 0 Å². The molecule has 0 heterocycles. The fourth-order valence-corrected chi connectivity index (χ4v) is 3.94. The highest BCUT2D eigenvalue weighted by atomic mass is 32.2. The number of nitrogens with zero attached hydrogens (tertiary/aromatic N) is 1. The van der Waals surface area contributed by atoms with E-state index in [9.17, 15) is 9.59 Å². The molecule has 0 bridgehead atoms. The average Bonchev–Trinajstić information content (AvgIpc) is 2.72. The summed E-state index contributed by atoms with van der Waals surface area (Å²) in [6.45, 7) is 10.4. The number of carbonyl (C=O) groups excluding carboxylic acids is 2. The van der Waals surface area contributed by atoms with E-state index >= 15 is 0 Å². The van der Waals surface area contributed by atoms with Crippen LogP contribution in [-0.4, -0.2) is 34.6 Å². The lowest BCUT2D eigenvalue weighted by atomic mass is 10.1. The molecule has 30 heavy (non-hydrogen) atoms. The van der Waals surface area contributed by atoms with Crippen LogP contribution >= 0.6 is 11.8 Å². The zero-order chi connectivity index (χ0) is 22.1. The quantitative estimate of drug-likeness (QED) is 0.590. The standard InChI is InChI=1S/C25H34N2O2S/c1-6-20(4)26-25(29)21(5)27(15-22-12-10-18(2)11-13-22)24(28)17-30-16-23-9-7-8-19(3)14-23/h7-14,20-21H,6,15-17H2,1-5H3,(H,26,29)/t20-,21-/m0/s1. The number of benzene rings is 2. The van der Waals surface area contributed by atoms with Crippen molar-refractivity contribution in [2.45, 2.75) is 65.4 Å². The molecule has 2 aromatic rings. The molecule has 162 valence electrons. The number of nitrogens with one attached hydrogen (secondary N) is 1. The van der Waals surface area contributed by atoms with Crippen molar-refractivity contribution >= 4 is 23.6 Å². The molecule has 1 N–H and O–H groups in total. The van der Waals surface area contributed by atoms with Gasteiger partial charge < -0.3 is 10.2 Å². The summed E-state index contributed by atoms with van der Waals surface area (Å²) in [6.07, 6.45) is 0.858. The highest BCUT2D eigenvalue weighted by molar-refractivity contribution is 7.99. The van der Waals surface area contributed by atoms with Gasteiger partial charge >= 0.3 is 0 Å². The number of carbonyl (C=O) groups is 2. The lowest BCUT2D eigenvalue weighted by Gasteiger charge is -2.29. The van der Waals surface area contributed by atoms with Gasteiger partial charge in [0, 0.05) is 18.3 Å². The Hall–Kier alpha value is -2.27. The van der Waals surface area contributed by atoms with Gasteiger partial charge in [-0.3, -0.25) is 9.59 Å². The predicted molar refractivity (Wildman–Crippen MR) is 126 cm³/mol. The number of aryl methyl sites for hydroxylation is 2. The van der Waals surface area contributed by atoms with Crippen LogP contribution in [0.25, 0.3) is 0 Å². The third-order valence-corrected chi connectivity index (χ3v) is 6.21. The van der Waals surface area contributed by atoms with Crippen LogP contribution in [0.4, 0.5) is 0 Å². The van der Waals surface area contributed by atoms with Gasteiger partial charge in [0.25, 0.3) is 0 Å². The molecule has 0 aliphatic heterocycles. The number of hydrogen-bond donors (Lipinski definition) is 1. The highest BCUT2D eigenvalue weighted by Crippen LogP contribution is 2.17. The number of amides is 2. The first-order valence-electron chi connectivity index (χ1n) is 10.6. The molecule has 4 nitrogen and oxygen atoms in total. The van der Waals surface area contributed by atoms with E-state index in [4.69, 9.17) is 0 Å². The van der Waals surface area contributed by atoms with Crippen molar-refractivity contribution in [2.24, 2.45) is 0 Å². The van der Waals surface area contributed by atoms with Crippen LogP contribution in [0.15, 0.2) is 48.5 Å². The molecule has 2 rings (SSSR count). The largest absolute Gasteiger partial charge is 0.352 e. The van der Waals surface area contributed by atoms with Gasteiger partial charge in [0.15, 0.2) is 0 Å². The predicted octanol–water partition coefficient (Wildman–Crippen LogP) is 4.87. The maximum Gasteiger partial charge on any atom is 0.242 e. The molecule has 0 radical (unpaired) electrons. The van der Waals surface area contributed by atoms with Crippen molar-refractivity contribution in [3.8, 4) is 0 Å². The van der Waals surface area contributed by atoms with E-state index in [2.05, 4.69) is 30.4 Å². The van der Waals surface area contributed by atoms with Gasteiger partial charge in [-0.1, -0.05) is 66.6 Å². The highest BCUT2D eigenvalue weighted by Gasteiger charge is 2.26. The Balaban J connectivity index is 2.07. The van der Waals surface area contributed by atoms with E-state index in [0.717, 1.165) is 17.7 Å². The molecule has 0 saturated carbocycles. The smallest absolute Gasteiger partial charge is 0.242 e. The van der Waals surface area contributed by atoms with E-state index in [0.29, 0.717) is 12.3 Å². The van der Waals surface area contributed by atoms with Crippen molar-refractivity contribution < 1.29 is 9.59 Å². The number of rotatable bonds is 10. The molecule has 2 aromatic carbocycles. The third-order valence-electron chi connectivity index (χ3n) is 5.22. The zero-order valence-electron chi connectivity index (χ0n) is 18.8. The molecular weight excluding hydrogens is 392 g/mol. The third kappa shape index (κ3) is 7.52. The number of thioether (sulfide) groups is 1. The topological polar surface area (TPSA) is 49.4 Å². The van der Waals surface area contributed by atoms with Gasteiger partial charge in [0.2, 0.25) is 11.8 Å². The summed E-state index contributed by atoms with van der Waals surface area (Å²) >= 11 is 1.59. The Morgan fingerprint density at radius 1 is 1.00 bits per heavy atom. The monoisotopic (exact) mass is 426 g/mol. The molecular formula is C25H34N2O2S. The fourth-order valence-electron chi connectivity index (χ4n) is 3.08.